The topological polar surface area (TPSA) is 63.3 Å². The lowest BCUT2D eigenvalue weighted by atomic mass is 9.68. The van der Waals surface area contributed by atoms with Crippen LogP contribution in [0.15, 0.2) is 16.2 Å². The molecule has 2 rings (SSSR count). The number of thioether (sulfide) groups is 2. The van der Waals surface area contributed by atoms with Crippen molar-refractivity contribution in [3.8, 4) is 0 Å². The molecule has 1 heterocycles. The van der Waals surface area contributed by atoms with E-state index < -0.39 is 11.4 Å². The normalized spacial score (nSPS) is 24.6. The summed E-state index contributed by atoms with van der Waals surface area (Å²) in [5.74, 6) is -0.0329. The van der Waals surface area contributed by atoms with Gasteiger partial charge in [-0.15, -0.1) is 23.5 Å². The second-order valence-electron chi connectivity index (χ2n) is 5.73. The molecular weight excluding hydrogens is 318 g/mol. The number of hydrogen-bond acceptors (Lipinski definition) is 5. The number of carboxylic acids is 1. The van der Waals surface area contributed by atoms with Gasteiger partial charge in [0.05, 0.1) is 15.2 Å². The van der Waals surface area contributed by atoms with Crippen LogP contribution < -0.4 is 0 Å². The second kappa shape index (κ2) is 6.32. The Balaban J connectivity index is 2.74. The van der Waals surface area contributed by atoms with Gasteiger partial charge in [0.1, 0.15) is 0 Å². The van der Waals surface area contributed by atoms with Gasteiger partial charge in [0.15, 0.2) is 5.76 Å². The van der Waals surface area contributed by atoms with Crippen LogP contribution >= 0.6 is 23.5 Å². The van der Waals surface area contributed by atoms with Crippen LogP contribution in [-0.4, -0.2) is 32.8 Å². The van der Waals surface area contributed by atoms with E-state index in [9.17, 15) is 9.90 Å². The summed E-state index contributed by atoms with van der Waals surface area (Å²) in [5.41, 5.74) is 1.93. The van der Waals surface area contributed by atoms with Crippen molar-refractivity contribution >= 4 is 35.1 Å². The molecule has 0 aliphatic heterocycles. The number of aliphatic carboxylic acids is 1. The summed E-state index contributed by atoms with van der Waals surface area (Å²) < 4.78 is 5.35. The van der Waals surface area contributed by atoms with Crippen molar-refractivity contribution in [1.82, 2.24) is 5.16 Å². The molecule has 1 unspecified atom stereocenters. The maximum atomic E-state index is 12.0. The number of aromatic nitrogens is 1. The van der Waals surface area contributed by atoms with Crippen molar-refractivity contribution in [3.05, 3.63) is 23.1 Å². The van der Waals surface area contributed by atoms with Crippen molar-refractivity contribution in [3.63, 3.8) is 0 Å². The molecule has 1 aromatic rings. The Bertz CT molecular complexity index is 604. The predicted molar refractivity (Wildman–Crippen MR) is 93.2 cm³/mol. The van der Waals surface area contributed by atoms with Gasteiger partial charge in [0.25, 0.3) is 0 Å². The molecule has 0 saturated heterocycles. The van der Waals surface area contributed by atoms with E-state index in [2.05, 4.69) is 17.7 Å². The van der Waals surface area contributed by atoms with Crippen LogP contribution in [0.3, 0.4) is 0 Å². The van der Waals surface area contributed by atoms with Gasteiger partial charge in [-0.1, -0.05) is 12.1 Å². The number of carboxylic acid groups (broad SMARTS) is 1. The van der Waals surface area contributed by atoms with E-state index in [0.717, 1.165) is 23.3 Å². The summed E-state index contributed by atoms with van der Waals surface area (Å²) >= 11 is 3.51. The minimum absolute atomic E-state index is 0.176. The molecule has 22 heavy (non-hydrogen) atoms. The van der Waals surface area contributed by atoms with Crippen molar-refractivity contribution in [2.45, 2.75) is 44.1 Å². The van der Waals surface area contributed by atoms with E-state index in [4.69, 9.17) is 4.52 Å². The first-order chi connectivity index (χ1) is 10.4. The minimum atomic E-state index is -0.801. The molecule has 0 fully saturated rings. The number of nitrogens with zero attached hydrogens (tertiary/aromatic N) is 1. The lowest BCUT2D eigenvalue weighted by molar-refractivity contribution is -0.147. The van der Waals surface area contributed by atoms with Gasteiger partial charge in [-0.3, -0.25) is 4.79 Å². The largest absolute Gasteiger partial charge is 0.481 e. The smallest absolute Gasteiger partial charge is 0.313 e. The van der Waals surface area contributed by atoms with E-state index in [0.29, 0.717) is 18.6 Å². The third kappa shape index (κ3) is 2.50. The SMILES string of the molecule is CCC1(C(=O)O)CCC(SC)(SC)C(c2cc(C)no2)=C1C. The van der Waals surface area contributed by atoms with E-state index in [1.807, 2.05) is 26.8 Å². The van der Waals surface area contributed by atoms with Gasteiger partial charge in [-0.2, -0.15) is 0 Å². The third-order valence-corrected chi connectivity index (χ3v) is 8.04. The van der Waals surface area contributed by atoms with Crippen molar-refractivity contribution in [2.75, 3.05) is 12.5 Å². The summed E-state index contributed by atoms with van der Waals surface area (Å²) in [6, 6.07) is 1.91. The summed E-state index contributed by atoms with van der Waals surface area (Å²) in [7, 11) is 0. The molecule has 4 nitrogen and oxygen atoms in total. The van der Waals surface area contributed by atoms with Gasteiger partial charge in [-0.25, -0.2) is 0 Å². The molecule has 0 amide bonds. The summed E-state index contributed by atoms with van der Waals surface area (Å²) in [5, 5.41) is 13.9. The Morgan fingerprint density at radius 1 is 1.36 bits per heavy atom. The van der Waals surface area contributed by atoms with Gasteiger partial charge in [0, 0.05) is 11.6 Å². The van der Waals surface area contributed by atoms with Crippen LogP contribution in [0.5, 0.6) is 0 Å². The van der Waals surface area contributed by atoms with E-state index in [1.165, 1.54) is 0 Å². The van der Waals surface area contributed by atoms with Gasteiger partial charge >= 0.3 is 5.97 Å². The number of rotatable bonds is 5. The molecule has 122 valence electrons. The first-order valence-electron chi connectivity index (χ1n) is 7.36. The Labute approximate surface area is 140 Å². The first-order valence-corrected chi connectivity index (χ1v) is 9.81. The molecular formula is C16H23NO3S2. The highest BCUT2D eigenvalue weighted by Crippen LogP contribution is 2.59. The average Bonchev–Trinajstić information content (AvgIpc) is 2.92. The zero-order valence-electron chi connectivity index (χ0n) is 13.7. The lowest BCUT2D eigenvalue weighted by Gasteiger charge is -2.44. The molecule has 0 radical (unpaired) electrons. The average molecular weight is 341 g/mol. The maximum absolute atomic E-state index is 12.0. The van der Waals surface area contributed by atoms with Gasteiger partial charge in [0.2, 0.25) is 0 Å². The molecule has 1 aliphatic carbocycles. The second-order valence-corrected chi connectivity index (χ2v) is 8.20. The van der Waals surface area contributed by atoms with Crippen LogP contribution in [0.2, 0.25) is 0 Å². The minimum Gasteiger partial charge on any atom is -0.481 e. The van der Waals surface area contributed by atoms with Crippen LogP contribution in [0, 0.1) is 12.3 Å². The third-order valence-electron chi connectivity index (χ3n) is 4.90. The summed E-state index contributed by atoms with van der Waals surface area (Å²) in [6.07, 6.45) is 6.20. The highest BCUT2D eigenvalue weighted by molar-refractivity contribution is 8.18. The van der Waals surface area contributed by atoms with E-state index in [-0.39, 0.29) is 4.08 Å². The fraction of sp³-hybridized carbons (Fsp3) is 0.625. The molecule has 1 aliphatic rings. The van der Waals surface area contributed by atoms with Crippen molar-refractivity contribution < 1.29 is 14.4 Å². The highest BCUT2D eigenvalue weighted by Gasteiger charge is 2.51. The van der Waals surface area contributed by atoms with Crippen molar-refractivity contribution in [2.24, 2.45) is 5.41 Å². The molecule has 0 bridgehead atoms. The quantitative estimate of drug-likeness (QED) is 0.798. The molecule has 6 heteroatoms. The monoisotopic (exact) mass is 341 g/mol. The molecule has 1 aromatic heterocycles. The molecule has 1 N–H and O–H groups in total. The Morgan fingerprint density at radius 3 is 2.41 bits per heavy atom. The van der Waals surface area contributed by atoms with E-state index >= 15 is 0 Å². The molecule has 0 saturated carbocycles. The fourth-order valence-corrected chi connectivity index (χ4v) is 5.62. The summed E-state index contributed by atoms with van der Waals surface area (Å²) in [6.45, 7) is 5.78. The fourth-order valence-electron chi connectivity index (χ4n) is 3.42. The number of carbonyl (C=O) groups is 1. The first kappa shape index (κ1) is 17.5. The lowest BCUT2D eigenvalue weighted by Crippen LogP contribution is -2.41. The molecule has 0 spiro atoms. The Morgan fingerprint density at radius 2 is 2.00 bits per heavy atom. The zero-order chi connectivity index (χ0) is 16.5. The van der Waals surface area contributed by atoms with Crippen LogP contribution in [-0.2, 0) is 4.79 Å². The Hall–Kier alpha value is -0.880. The number of hydrogen-bond donors (Lipinski definition) is 1. The molecule has 0 aromatic carbocycles. The summed E-state index contributed by atoms with van der Waals surface area (Å²) in [4.78, 5) is 12.0. The Kier molecular flexibility index (Phi) is 5.02. The van der Waals surface area contributed by atoms with E-state index in [1.54, 1.807) is 23.5 Å². The van der Waals surface area contributed by atoms with Crippen LogP contribution in [0.1, 0.15) is 44.6 Å². The predicted octanol–water partition coefficient (Wildman–Crippen LogP) is 4.45. The zero-order valence-corrected chi connectivity index (χ0v) is 15.4. The van der Waals surface area contributed by atoms with Crippen LogP contribution in [0.25, 0.3) is 5.57 Å². The number of aryl methyl sites for hydroxylation is 1. The van der Waals surface area contributed by atoms with Gasteiger partial charge < -0.3 is 9.63 Å². The maximum Gasteiger partial charge on any atom is 0.313 e. The van der Waals surface area contributed by atoms with Crippen LogP contribution in [0.4, 0.5) is 0 Å². The highest BCUT2D eigenvalue weighted by atomic mass is 32.2. The molecule has 1 atom stereocenters. The van der Waals surface area contributed by atoms with Crippen molar-refractivity contribution in [1.29, 1.82) is 0 Å². The van der Waals surface area contributed by atoms with Gasteiger partial charge in [-0.05, 0) is 51.2 Å². The standard InChI is InChI=1S/C16H23NO3S2/c1-6-15(14(18)19)7-8-16(21-4,22-5)13(11(15)3)12-9-10(2)17-20-12/h9H,6-8H2,1-5H3,(H,18,19).